The summed E-state index contributed by atoms with van der Waals surface area (Å²) in [6, 6.07) is 1.73. The van der Waals surface area contributed by atoms with E-state index in [1.807, 2.05) is 0 Å². The van der Waals surface area contributed by atoms with Crippen LogP contribution in [0, 0.1) is 0 Å². The van der Waals surface area contributed by atoms with E-state index < -0.39 is 19.8 Å². The molecule has 9 nitrogen and oxygen atoms in total. The van der Waals surface area contributed by atoms with Gasteiger partial charge >= 0.3 is 7.60 Å². The first-order valence-corrected chi connectivity index (χ1v) is 31.6. The lowest BCUT2D eigenvalue weighted by atomic mass is 10.0. The zero-order valence-corrected chi connectivity index (χ0v) is 48.9. The van der Waals surface area contributed by atoms with Crippen molar-refractivity contribution in [1.82, 2.24) is 0 Å². The van der Waals surface area contributed by atoms with Crippen molar-refractivity contribution in [3.05, 3.63) is 30.4 Å². The average molecular weight is 1030 g/mol. The maximum absolute atomic E-state index is 16.4. The maximum Gasteiger partial charge on any atom is 0.366 e. The number of rotatable bonds is 53. The third-order valence-electron chi connectivity index (χ3n) is 13.5. The number of unbranched alkanes of at least 4 members (excludes halogenated alkanes) is 28. The summed E-state index contributed by atoms with van der Waals surface area (Å²) in [6.07, 6.45) is 34.0. The molecule has 0 radical (unpaired) electrons. The van der Waals surface area contributed by atoms with Crippen molar-refractivity contribution >= 4 is 24.5 Å². The van der Waals surface area contributed by atoms with E-state index in [4.69, 9.17) is 28.0 Å². The predicted octanol–water partition coefficient (Wildman–Crippen LogP) is 19.2. The molecular formula is C62H111O9P. The Labute approximate surface area is 443 Å². The molecule has 0 spiro atoms. The Kier molecular flexibility index (Phi) is 41.8. The van der Waals surface area contributed by atoms with Crippen molar-refractivity contribution in [1.29, 1.82) is 0 Å². The fourth-order valence-corrected chi connectivity index (χ4v) is 10.8. The van der Waals surface area contributed by atoms with Gasteiger partial charge in [-0.3, -0.25) is 18.7 Å². The number of hydrogen-bond acceptors (Lipinski definition) is 9. The van der Waals surface area contributed by atoms with Gasteiger partial charge in [0, 0.05) is 6.07 Å². The van der Waals surface area contributed by atoms with Gasteiger partial charge in [-0.2, -0.15) is 0 Å². The second-order valence-corrected chi connectivity index (χ2v) is 22.7. The highest BCUT2D eigenvalue weighted by Crippen LogP contribution is 2.57. The quantitative estimate of drug-likeness (QED) is 0.0358. The van der Waals surface area contributed by atoms with Crippen LogP contribution >= 0.6 is 7.60 Å². The fraction of sp³-hybridized carbons (Fsp3) is 0.806. The van der Waals surface area contributed by atoms with E-state index in [1.165, 1.54) is 44.9 Å². The van der Waals surface area contributed by atoms with E-state index >= 15 is 4.57 Å². The second kappa shape index (κ2) is 44.7. The van der Waals surface area contributed by atoms with Crippen molar-refractivity contribution in [2.45, 2.75) is 299 Å². The van der Waals surface area contributed by atoms with Gasteiger partial charge in [0.15, 0.2) is 29.2 Å². The monoisotopic (exact) mass is 1030 g/mol. The summed E-state index contributed by atoms with van der Waals surface area (Å²) in [6.45, 7) is 26.0. The molecule has 0 aromatic heterocycles. The number of carbonyl (C=O) groups is 2. The summed E-state index contributed by atoms with van der Waals surface area (Å²) in [5.41, 5.74) is 0.728. The molecule has 0 bridgehead atoms. The van der Waals surface area contributed by atoms with Gasteiger partial charge in [0.25, 0.3) is 0 Å². The molecule has 0 aliphatic carbocycles. The number of ketones is 2. The fourth-order valence-electron chi connectivity index (χ4n) is 8.88. The highest BCUT2D eigenvalue weighted by Gasteiger charge is 2.41. The molecule has 0 N–H and O–H groups in total. The predicted molar refractivity (Wildman–Crippen MR) is 305 cm³/mol. The smallest absolute Gasteiger partial charge is 0.366 e. The Morgan fingerprint density at radius 1 is 0.431 bits per heavy atom. The van der Waals surface area contributed by atoms with E-state index in [0.29, 0.717) is 61.7 Å². The third kappa shape index (κ3) is 30.1. The van der Waals surface area contributed by atoms with Crippen molar-refractivity contribution in [3.8, 4) is 23.0 Å². The number of hydrogen-bond donors (Lipinski definition) is 0. The minimum absolute atomic E-state index is 0.134. The first kappa shape index (κ1) is 67.4. The molecule has 1 aromatic carbocycles. The van der Waals surface area contributed by atoms with Gasteiger partial charge in [-0.05, 0) is 69.9 Å². The van der Waals surface area contributed by atoms with Crippen LogP contribution in [0.1, 0.15) is 287 Å². The molecule has 0 fully saturated rings. The normalized spacial score (nSPS) is 13.1. The van der Waals surface area contributed by atoms with Gasteiger partial charge in [0.05, 0.1) is 26.4 Å². The zero-order valence-electron chi connectivity index (χ0n) is 48.1. The maximum atomic E-state index is 16.4. The standard InChI is InChI=1S/C62H111O9P/c1-11-17-23-29-35-41-47-66-56-51-57(72(65,69-50-44-38-32-26-20-14-4)71-55(59(64)53(9)10)46-40-34-28-22-16-6)61(68-49-43-37-31-25-19-13-3)62(60(56)67-48-42-36-30-24-18-12-2)70-54(58(63)52(7)8)45-39-33-27-21-15-5/h51,54-55H,7,9,11-50H2,1-6,8,10H3. The summed E-state index contributed by atoms with van der Waals surface area (Å²) in [4.78, 5) is 28.4. The summed E-state index contributed by atoms with van der Waals surface area (Å²) in [7, 11) is -4.46. The Morgan fingerprint density at radius 3 is 1.18 bits per heavy atom. The summed E-state index contributed by atoms with van der Waals surface area (Å²) >= 11 is 0. The molecule has 0 aliphatic rings. The molecule has 0 saturated carbocycles. The van der Waals surface area contributed by atoms with Crippen LogP contribution in [0.25, 0.3) is 0 Å². The van der Waals surface area contributed by atoms with Gasteiger partial charge in [0.1, 0.15) is 11.4 Å². The Balaban J connectivity index is 4.38. The van der Waals surface area contributed by atoms with Crippen molar-refractivity contribution in [3.63, 3.8) is 0 Å². The first-order chi connectivity index (χ1) is 35.0. The van der Waals surface area contributed by atoms with Gasteiger partial charge < -0.3 is 23.5 Å². The van der Waals surface area contributed by atoms with E-state index in [9.17, 15) is 9.59 Å². The average Bonchev–Trinajstić information content (AvgIpc) is 3.36. The van der Waals surface area contributed by atoms with Crippen LogP contribution in [0.2, 0.25) is 0 Å². The van der Waals surface area contributed by atoms with Crippen molar-refractivity contribution in [2.24, 2.45) is 0 Å². The number of ether oxygens (including phenoxy) is 4. The SMILES string of the molecule is C=C(C)C(=O)C(CCCCCCC)Oc1c(OCCCCCCCC)c(OCCCCCCCC)cc(P(=O)(OCCCCCCCC)OC(CCCCCCC)C(=O)C(=C)C)c1OCCCCCCCC. The van der Waals surface area contributed by atoms with Crippen LogP contribution in [0.15, 0.2) is 30.4 Å². The van der Waals surface area contributed by atoms with E-state index in [-0.39, 0.29) is 35.0 Å². The van der Waals surface area contributed by atoms with E-state index in [1.54, 1.807) is 19.9 Å². The molecular weight excluding hydrogens is 920 g/mol. The van der Waals surface area contributed by atoms with Gasteiger partial charge in [0.2, 0.25) is 11.5 Å². The lowest BCUT2D eigenvalue weighted by molar-refractivity contribution is -0.123. The summed E-state index contributed by atoms with van der Waals surface area (Å²) in [5, 5.41) is 0.134. The summed E-state index contributed by atoms with van der Waals surface area (Å²) in [5.74, 6) is 0.496. The molecule has 0 amide bonds. The molecule has 3 atom stereocenters. The van der Waals surface area contributed by atoms with Crippen LogP contribution in [0.5, 0.6) is 23.0 Å². The van der Waals surface area contributed by atoms with Crippen LogP contribution in [-0.2, 0) is 23.2 Å². The minimum Gasteiger partial charge on any atom is -0.490 e. The van der Waals surface area contributed by atoms with Crippen molar-refractivity contribution < 1.29 is 42.1 Å². The summed E-state index contributed by atoms with van der Waals surface area (Å²) < 4.78 is 57.5. The van der Waals surface area contributed by atoms with Crippen molar-refractivity contribution in [2.75, 3.05) is 26.4 Å². The first-order valence-electron chi connectivity index (χ1n) is 30.0. The number of benzene rings is 1. The number of carbonyl (C=O) groups excluding carboxylic acids is 2. The third-order valence-corrected chi connectivity index (χ3v) is 15.5. The highest BCUT2D eigenvalue weighted by molar-refractivity contribution is 7.62. The van der Waals surface area contributed by atoms with Gasteiger partial charge in [-0.25, -0.2) is 0 Å². The Morgan fingerprint density at radius 2 is 0.764 bits per heavy atom. The largest absolute Gasteiger partial charge is 0.490 e. The molecule has 0 aliphatic heterocycles. The molecule has 0 heterocycles. The molecule has 418 valence electrons. The highest BCUT2D eigenvalue weighted by atomic mass is 31.2. The van der Waals surface area contributed by atoms with Gasteiger partial charge in [-0.15, -0.1) is 0 Å². The van der Waals surface area contributed by atoms with Crippen LogP contribution < -0.4 is 24.3 Å². The topological polar surface area (TPSA) is 107 Å². The molecule has 0 saturated heterocycles. The second-order valence-electron chi connectivity index (χ2n) is 20.7. The van der Waals surface area contributed by atoms with E-state index in [2.05, 4.69) is 54.7 Å². The lowest BCUT2D eigenvalue weighted by Crippen LogP contribution is -2.30. The van der Waals surface area contributed by atoms with E-state index in [0.717, 1.165) is 167 Å². The molecule has 3 unspecified atom stereocenters. The molecule has 1 rings (SSSR count). The molecule has 72 heavy (non-hydrogen) atoms. The molecule has 10 heteroatoms. The zero-order chi connectivity index (χ0) is 53.1. The van der Waals surface area contributed by atoms with Crippen LogP contribution in [0.4, 0.5) is 0 Å². The van der Waals surface area contributed by atoms with Crippen LogP contribution in [-0.4, -0.2) is 50.2 Å². The number of Topliss-reactive ketones (excluding diaryl/α,β-unsaturated/α-hetero) is 2. The van der Waals surface area contributed by atoms with Crippen LogP contribution in [0.3, 0.4) is 0 Å². The van der Waals surface area contributed by atoms with Gasteiger partial charge in [-0.1, -0.05) is 241 Å². The Bertz CT molecular complexity index is 1610. The lowest BCUT2D eigenvalue weighted by Gasteiger charge is -2.29. The minimum atomic E-state index is -4.46. The Hall–Kier alpha value is -2.61. The molecule has 1 aromatic rings.